The molecule has 2 fully saturated rings. The van der Waals surface area contributed by atoms with E-state index in [1.165, 1.54) is 0 Å². The summed E-state index contributed by atoms with van der Waals surface area (Å²) >= 11 is 6.35. The summed E-state index contributed by atoms with van der Waals surface area (Å²) in [6, 6.07) is 5.77. The molecule has 0 atom stereocenters. The van der Waals surface area contributed by atoms with Crippen LogP contribution in [-0.4, -0.2) is 92.6 Å². The number of ether oxygens (including phenoxy) is 1. The number of methoxy groups -OCH3 is 1. The van der Waals surface area contributed by atoms with Gasteiger partial charge in [-0.2, -0.15) is 0 Å². The number of rotatable bonds is 7. The number of likely N-dealkylation sites (tertiary alicyclic amines) is 1. The number of carbonyl (C=O) groups is 1. The molecule has 174 valence electrons. The number of nitrogens with zero attached hydrogens (tertiary/aromatic N) is 4. The number of halogens is 2. The zero-order chi connectivity index (χ0) is 21.3. The summed E-state index contributed by atoms with van der Waals surface area (Å²) < 4.78 is 5.21. The molecule has 31 heavy (non-hydrogen) atoms. The van der Waals surface area contributed by atoms with E-state index >= 15 is 0 Å². The molecule has 0 saturated carbocycles. The van der Waals surface area contributed by atoms with Crippen molar-refractivity contribution in [1.82, 2.24) is 20.0 Å². The van der Waals surface area contributed by atoms with E-state index in [0.717, 1.165) is 82.3 Å². The molecule has 0 unspecified atom stereocenters. The smallest absolute Gasteiger partial charge is 0.236 e. The third kappa shape index (κ3) is 7.68. The second-order valence-electron chi connectivity index (χ2n) is 7.79. The fourth-order valence-electron chi connectivity index (χ4n) is 3.94. The fourth-order valence-corrected chi connectivity index (χ4v) is 4.21. The molecule has 9 heteroatoms. The van der Waals surface area contributed by atoms with E-state index in [1.54, 1.807) is 7.11 Å². The summed E-state index contributed by atoms with van der Waals surface area (Å²) in [7, 11) is 1.64. The number of guanidine groups is 1. The molecular formula is C22H35ClIN5O2. The first-order valence-electron chi connectivity index (χ1n) is 11.0. The number of carbonyl (C=O) groups excluding carboxylic acids is 1. The van der Waals surface area contributed by atoms with Crippen molar-refractivity contribution in [3.05, 3.63) is 28.8 Å². The molecule has 0 bridgehead atoms. The van der Waals surface area contributed by atoms with Gasteiger partial charge >= 0.3 is 0 Å². The Labute approximate surface area is 208 Å². The number of hydrogen-bond acceptors (Lipinski definition) is 4. The highest BCUT2D eigenvalue weighted by molar-refractivity contribution is 14.0. The van der Waals surface area contributed by atoms with Crippen molar-refractivity contribution in [2.45, 2.75) is 26.2 Å². The van der Waals surface area contributed by atoms with E-state index in [-0.39, 0.29) is 29.9 Å². The maximum atomic E-state index is 12.4. The lowest BCUT2D eigenvalue weighted by Crippen LogP contribution is -2.54. The van der Waals surface area contributed by atoms with Crippen LogP contribution in [0.2, 0.25) is 5.02 Å². The molecule has 1 amide bonds. The van der Waals surface area contributed by atoms with Crippen LogP contribution in [0.25, 0.3) is 0 Å². The molecular weight excluding hydrogens is 529 g/mol. The molecule has 0 aromatic heterocycles. The van der Waals surface area contributed by atoms with E-state index in [1.807, 2.05) is 23.1 Å². The molecule has 2 heterocycles. The van der Waals surface area contributed by atoms with Crippen LogP contribution in [-0.2, 0) is 11.2 Å². The Hall–Kier alpha value is -1.26. The van der Waals surface area contributed by atoms with Crippen molar-refractivity contribution in [2.75, 3.05) is 66.0 Å². The zero-order valence-corrected chi connectivity index (χ0v) is 21.7. The van der Waals surface area contributed by atoms with Gasteiger partial charge in [-0.15, -0.1) is 24.0 Å². The van der Waals surface area contributed by atoms with E-state index in [2.05, 4.69) is 22.0 Å². The summed E-state index contributed by atoms with van der Waals surface area (Å²) in [6.45, 7) is 9.49. The average molecular weight is 564 g/mol. The van der Waals surface area contributed by atoms with Gasteiger partial charge in [0.05, 0.1) is 13.7 Å². The van der Waals surface area contributed by atoms with Gasteiger partial charge in [0.2, 0.25) is 5.91 Å². The Kier molecular flexibility index (Phi) is 11.2. The number of benzene rings is 1. The van der Waals surface area contributed by atoms with Crippen LogP contribution in [0.4, 0.5) is 0 Å². The molecule has 2 saturated heterocycles. The maximum absolute atomic E-state index is 12.4. The Bertz CT molecular complexity index is 735. The Morgan fingerprint density at radius 3 is 2.45 bits per heavy atom. The summed E-state index contributed by atoms with van der Waals surface area (Å²) in [4.78, 5) is 23.8. The minimum absolute atomic E-state index is 0. The minimum Gasteiger partial charge on any atom is -0.497 e. The average Bonchev–Trinajstić information content (AvgIpc) is 3.30. The molecule has 0 aliphatic carbocycles. The monoisotopic (exact) mass is 563 g/mol. The first-order chi connectivity index (χ1) is 14.6. The van der Waals surface area contributed by atoms with E-state index in [9.17, 15) is 4.79 Å². The molecule has 1 aromatic carbocycles. The molecule has 3 rings (SSSR count). The van der Waals surface area contributed by atoms with Gasteiger partial charge in [-0.25, -0.2) is 0 Å². The van der Waals surface area contributed by atoms with E-state index in [0.29, 0.717) is 18.1 Å². The SMILES string of the molecule is CCNC(=NCCc1ccc(OC)cc1Cl)N1CCN(CC(=O)N2CCCC2)CC1.I. The molecule has 2 aliphatic rings. The quantitative estimate of drug-likeness (QED) is 0.314. The number of aliphatic imine (C=N–C) groups is 1. The number of hydrogen-bond donors (Lipinski definition) is 1. The number of piperazine rings is 1. The first kappa shape index (κ1) is 26.0. The molecule has 2 aliphatic heterocycles. The van der Waals surface area contributed by atoms with Crippen molar-refractivity contribution in [3.63, 3.8) is 0 Å². The Morgan fingerprint density at radius 2 is 1.84 bits per heavy atom. The normalized spacial score (nSPS) is 17.5. The largest absolute Gasteiger partial charge is 0.497 e. The van der Waals surface area contributed by atoms with Gasteiger partial charge in [-0.1, -0.05) is 17.7 Å². The molecule has 7 nitrogen and oxygen atoms in total. The van der Waals surface area contributed by atoms with Crippen molar-refractivity contribution >= 4 is 47.4 Å². The lowest BCUT2D eigenvalue weighted by Gasteiger charge is -2.36. The first-order valence-corrected chi connectivity index (χ1v) is 11.3. The van der Waals surface area contributed by atoms with Crippen molar-refractivity contribution in [2.24, 2.45) is 4.99 Å². The second-order valence-corrected chi connectivity index (χ2v) is 8.20. The van der Waals surface area contributed by atoms with Crippen LogP contribution >= 0.6 is 35.6 Å². The van der Waals surface area contributed by atoms with Crippen LogP contribution in [0.15, 0.2) is 23.2 Å². The van der Waals surface area contributed by atoms with E-state index < -0.39 is 0 Å². The highest BCUT2D eigenvalue weighted by Gasteiger charge is 2.24. The summed E-state index contributed by atoms with van der Waals surface area (Å²) in [5, 5.41) is 4.11. The van der Waals surface area contributed by atoms with Gasteiger partial charge in [-0.3, -0.25) is 14.7 Å². The summed E-state index contributed by atoms with van der Waals surface area (Å²) in [6.07, 6.45) is 3.07. The van der Waals surface area contributed by atoms with Crippen LogP contribution in [0.5, 0.6) is 5.75 Å². The Morgan fingerprint density at radius 1 is 1.13 bits per heavy atom. The lowest BCUT2D eigenvalue weighted by atomic mass is 10.1. The van der Waals surface area contributed by atoms with Crippen LogP contribution < -0.4 is 10.1 Å². The number of amides is 1. The van der Waals surface area contributed by atoms with Crippen LogP contribution in [0, 0.1) is 0 Å². The van der Waals surface area contributed by atoms with Crippen LogP contribution in [0.1, 0.15) is 25.3 Å². The van der Waals surface area contributed by atoms with Gasteiger partial charge < -0.3 is 19.9 Å². The maximum Gasteiger partial charge on any atom is 0.236 e. The van der Waals surface area contributed by atoms with Crippen LogP contribution in [0.3, 0.4) is 0 Å². The van der Waals surface area contributed by atoms with Gasteiger partial charge in [0.15, 0.2) is 5.96 Å². The summed E-state index contributed by atoms with van der Waals surface area (Å²) in [5.74, 6) is 1.98. The predicted octanol–water partition coefficient (Wildman–Crippen LogP) is 2.71. The highest BCUT2D eigenvalue weighted by Crippen LogP contribution is 2.22. The number of nitrogens with one attached hydrogen (secondary N) is 1. The highest BCUT2D eigenvalue weighted by atomic mass is 127. The van der Waals surface area contributed by atoms with Crippen molar-refractivity contribution in [3.8, 4) is 5.75 Å². The topological polar surface area (TPSA) is 60.4 Å². The minimum atomic E-state index is 0. The van der Waals surface area contributed by atoms with Gasteiger partial charge in [-0.05, 0) is 43.9 Å². The van der Waals surface area contributed by atoms with Gasteiger partial charge in [0, 0.05) is 57.4 Å². The molecule has 0 spiro atoms. The fraction of sp³-hybridized carbons (Fsp3) is 0.636. The van der Waals surface area contributed by atoms with Crippen molar-refractivity contribution < 1.29 is 9.53 Å². The predicted molar refractivity (Wildman–Crippen MR) is 137 cm³/mol. The van der Waals surface area contributed by atoms with Crippen molar-refractivity contribution in [1.29, 1.82) is 0 Å². The Balaban J connectivity index is 0.00000341. The third-order valence-electron chi connectivity index (χ3n) is 5.73. The summed E-state index contributed by atoms with van der Waals surface area (Å²) in [5.41, 5.74) is 1.07. The third-order valence-corrected chi connectivity index (χ3v) is 6.08. The zero-order valence-electron chi connectivity index (χ0n) is 18.6. The second kappa shape index (κ2) is 13.3. The lowest BCUT2D eigenvalue weighted by molar-refractivity contribution is -0.131. The van der Waals surface area contributed by atoms with Gasteiger partial charge in [0.1, 0.15) is 5.75 Å². The van der Waals surface area contributed by atoms with Gasteiger partial charge in [0.25, 0.3) is 0 Å². The van der Waals surface area contributed by atoms with E-state index in [4.69, 9.17) is 21.3 Å². The molecule has 0 radical (unpaired) electrons. The molecule has 1 aromatic rings. The molecule has 1 N–H and O–H groups in total. The standard InChI is InChI=1S/C22H34ClN5O2.HI/c1-3-24-22(25-9-8-18-6-7-19(30-2)16-20(18)23)28-14-12-26(13-15-28)17-21(29)27-10-4-5-11-27;/h6-7,16H,3-5,8-15,17H2,1-2H3,(H,24,25);1H.